The lowest BCUT2D eigenvalue weighted by Gasteiger charge is -2.15. The third kappa shape index (κ3) is 11.9. The van der Waals surface area contributed by atoms with Gasteiger partial charge in [0.25, 0.3) is 0 Å². The summed E-state index contributed by atoms with van der Waals surface area (Å²) >= 11 is 0. The van der Waals surface area contributed by atoms with Crippen molar-refractivity contribution >= 4 is 5.97 Å². The zero-order valence-electron chi connectivity index (χ0n) is 12.4. The van der Waals surface area contributed by atoms with Gasteiger partial charge in [0.1, 0.15) is 0 Å². The SMILES string of the molecule is CC/C=C\C/C=C\C[C@H](O)[C@H](O)CCCCCC(=O)O. The van der Waals surface area contributed by atoms with Gasteiger partial charge in [0.15, 0.2) is 0 Å². The van der Waals surface area contributed by atoms with Crippen molar-refractivity contribution in [3.8, 4) is 0 Å². The summed E-state index contributed by atoms with van der Waals surface area (Å²) in [7, 11) is 0. The lowest BCUT2D eigenvalue weighted by atomic mass is 10.0. The smallest absolute Gasteiger partial charge is 0.303 e. The molecular formula is C16H28O4. The maximum absolute atomic E-state index is 10.3. The van der Waals surface area contributed by atoms with E-state index in [1.165, 1.54) is 0 Å². The molecule has 0 unspecified atom stereocenters. The van der Waals surface area contributed by atoms with Crippen molar-refractivity contribution in [3.63, 3.8) is 0 Å². The van der Waals surface area contributed by atoms with Crippen LogP contribution in [0.5, 0.6) is 0 Å². The van der Waals surface area contributed by atoms with E-state index in [9.17, 15) is 15.0 Å². The predicted octanol–water partition coefficient (Wildman–Crippen LogP) is 3.05. The summed E-state index contributed by atoms with van der Waals surface area (Å²) in [6, 6.07) is 0. The minimum Gasteiger partial charge on any atom is -0.481 e. The van der Waals surface area contributed by atoms with Crippen LogP contribution in [-0.4, -0.2) is 33.5 Å². The maximum atomic E-state index is 10.3. The van der Waals surface area contributed by atoms with Crippen LogP contribution in [0.1, 0.15) is 58.3 Å². The summed E-state index contributed by atoms with van der Waals surface area (Å²) < 4.78 is 0. The molecule has 0 aliphatic carbocycles. The summed E-state index contributed by atoms with van der Waals surface area (Å²) in [5.41, 5.74) is 0. The molecule has 0 aromatic carbocycles. The van der Waals surface area contributed by atoms with E-state index in [-0.39, 0.29) is 6.42 Å². The molecule has 4 heteroatoms. The van der Waals surface area contributed by atoms with Crippen LogP contribution in [0, 0.1) is 0 Å². The van der Waals surface area contributed by atoms with Crippen molar-refractivity contribution in [2.45, 2.75) is 70.5 Å². The summed E-state index contributed by atoms with van der Waals surface area (Å²) in [5.74, 6) is -0.784. The van der Waals surface area contributed by atoms with E-state index >= 15 is 0 Å². The Hall–Kier alpha value is -1.13. The van der Waals surface area contributed by atoms with E-state index in [4.69, 9.17) is 5.11 Å². The third-order valence-electron chi connectivity index (χ3n) is 3.05. The first-order chi connectivity index (χ1) is 9.57. The molecule has 0 saturated heterocycles. The second kappa shape index (κ2) is 12.9. The van der Waals surface area contributed by atoms with Crippen molar-refractivity contribution in [1.82, 2.24) is 0 Å². The van der Waals surface area contributed by atoms with E-state index in [0.717, 1.165) is 25.7 Å². The molecule has 0 aliphatic rings. The zero-order chi connectivity index (χ0) is 15.2. The van der Waals surface area contributed by atoms with Crippen molar-refractivity contribution in [1.29, 1.82) is 0 Å². The topological polar surface area (TPSA) is 77.8 Å². The van der Waals surface area contributed by atoms with Crippen LogP contribution >= 0.6 is 0 Å². The number of carbonyl (C=O) groups is 1. The van der Waals surface area contributed by atoms with Gasteiger partial charge in [-0.25, -0.2) is 0 Å². The van der Waals surface area contributed by atoms with Gasteiger partial charge in [-0.05, 0) is 32.1 Å². The number of aliphatic carboxylic acids is 1. The van der Waals surface area contributed by atoms with Crippen molar-refractivity contribution < 1.29 is 20.1 Å². The summed E-state index contributed by atoms with van der Waals surface area (Å²) in [4.78, 5) is 10.3. The molecule has 0 saturated carbocycles. The van der Waals surface area contributed by atoms with Gasteiger partial charge in [0, 0.05) is 6.42 Å². The van der Waals surface area contributed by atoms with E-state index in [1.807, 2.05) is 12.2 Å². The first-order valence-electron chi connectivity index (χ1n) is 7.45. The van der Waals surface area contributed by atoms with Gasteiger partial charge in [0.05, 0.1) is 12.2 Å². The summed E-state index contributed by atoms with van der Waals surface area (Å²) in [6.45, 7) is 2.08. The Bertz CT molecular complexity index is 297. The molecule has 2 atom stereocenters. The van der Waals surface area contributed by atoms with Gasteiger partial charge in [0.2, 0.25) is 0 Å². The molecule has 3 N–H and O–H groups in total. The van der Waals surface area contributed by atoms with E-state index in [2.05, 4.69) is 19.1 Å². The molecule has 0 aromatic rings. The van der Waals surface area contributed by atoms with Gasteiger partial charge >= 0.3 is 5.97 Å². The molecule has 4 nitrogen and oxygen atoms in total. The highest BCUT2D eigenvalue weighted by molar-refractivity contribution is 5.66. The van der Waals surface area contributed by atoms with E-state index in [0.29, 0.717) is 19.3 Å². The highest BCUT2D eigenvalue weighted by atomic mass is 16.4. The summed E-state index contributed by atoms with van der Waals surface area (Å²) in [6.07, 6.45) is 11.7. The molecule has 0 bridgehead atoms. The van der Waals surface area contributed by atoms with Crippen molar-refractivity contribution in [2.75, 3.05) is 0 Å². The Morgan fingerprint density at radius 1 is 1.00 bits per heavy atom. The zero-order valence-corrected chi connectivity index (χ0v) is 12.4. The van der Waals surface area contributed by atoms with Crippen LogP contribution in [0.25, 0.3) is 0 Å². The molecule has 0 aromatic heterocycles. The quantitative estimate of drug-likeness (QED) is 0.380. The number of allylic oxidation sites excluding steroid dienone is 3. The number of hydrogen-bond acceptors (Lipinski definition) is 3. The van der Waals surface area contributed by atoms with E-state index in [1.54, 1.807) is 0 Å². The molecule has 0 radical (unpaired) electrons. The molecule has 0 amide bonds. The Labute approximate surface area is 121 Å². The average Bonchev–Trinajstić information content (AvgIpc) is 2.41. The Morgan fingerprint density at radius 3 is 2.35 bits per heavy atom. The molecule has 116 valence electrons. The summed E-state index contributed by atoms with van der Waals surface area (Å²) in [5, 5.41) is 28.0. The fraction of sp³-hybridized carbons (Fsp3) is 0.688. The molecular weight excluding hydrogens is 256 g/mol. The molecule has 0 rings (SSSR count). The molecule has 0 spiro atoms. The van der Waals surface area contributed by atoms with Gasteiger partial charge in [-0.2, -0.15) is 0 Å². The first-order valence-corrected chi connectivity index (χ1v) is 7.45. The number of rotatable bonds is 12. The Balaban J connectivity index is 3.62. The third-order valence-corrected chi connectivity index (χ3v) is 3.05. The number of carboxylic acids is 1. The van der Waals surface area contributed by atoms with Gasteiger partial charge in [-0.1, -0.05) is 44.1 Å². The normalized spacial score (nSPS) is 14.9. The number of aliphatic hydroxyl groups excluding tert-OH is 2. The van der Waals surface area contributed by atoms with E-state index < -0.39 is 18.2 Å². The predicted molar refractivity (Wildman–Crippen MR) is 80.5 cm³/mol. The standard InChI is InChI=1S/C16H28O4/c1-2-3-4-5-6-8-11-14(17)15(18)12-9-7-10-13-16(19)20/h3-4,6,8,14-15,17-18H,2,5,7,9-13H2,1H3,(H,19,20)/b4-3-,8-6-/t14-,15+/m0/s1. The minimum absolute atomic E-state index is 0.173. The van der Waals surface area contributed by atoms with Crippen LogP contribution in [0.4, 0.5) is 0 Å². The van der Waals surface area contributed by atoms with Crippen LogP contribution in [0.3, 0.4) is 0 Å². The van der Waals surface area contributed by atoms with Crippen molar-refractivity contribution in [3.05, 3.63) is 24.3 Å². The largest absolute Gasteiger partial charge is 0.481 e. The van der Waals surface area contributed by atoms with Crippen LogP contribution in [-0.2, 0) is 4.79 Å². The number of carboxylic acid groups (broad SMARTS) is 1. The molecule has 20 heavy (non-hydrogen) atoms. The molecule has 0 heterocycles. The lowest BCUT2D eigenvalue weighted by molar-refractivity contribution is -0.137. The highest BCUT2D eigenvalue weighted by Gasteiger charge is 2.13. The highest BCUT2D eigenvalue weighted by Crippen LogP contribution is 2.11. The molecule has 0 aliphatic heterocycles. The lowest BCUT2D eigenvalue weighted by Crippen LogP contribution is -2.25. The van der Waals surface area contributed by atoms with Crippen LogP contribution in [0.2, 0.25) is 0 Å². The van der Waals surface area contributed by atoms with Crippen LogP contribution in [0.15, 0.2) is 24.3 Å². The van der Waals surface area contributed by atoms with Crippen LogP contribution < -0.4 is 0 Å². The van der Waals surface area contributed by atoms with Gasteiger partial charge in [-0.15, -0.1) is 0 Å². The number of aliphatic hydroxyl groups is 2. The monoisotopic (exact) mass is 284 g/mol. The second-order valence-electron chi connectivity index (χ2n) is 4.95. The molecule has 0 fully saturated rings. The fourth-order valence-electron chi connectivity index (χ4n) is 1.83. The fourth-order valence-corrected chi connectivity index (χ4v) is 1.83. The second-order valence-corrected chi connectivity index (χ2v) is 4.95. The number of unbranched alkanes of at least 4 members (excludes halogenated alkanes) is 2. The first kappa shape index (κ1) is 18.9. The Morgan fingerprint density at radius 2 is 1.70 bits per heavy atom. The van der Waals surface area contributed by atoms with Crippen molar-refractivity contribution in [2.24, 2.45) is 0 Å². The average molecular weight is 284 g/mol. The number of hydrogen-bond donors (Lipinski definition) is 3. The maximum Gasteiger partial charge on any atom is 0.303 e. The minimum atomic E-state index is -0.784. The Kier molecular flexibility index (Phi) is 12.2. The van der Waals surface area contributed by atoms with Gasteiger partial charge in [-0.3, -0.25) is 4.79 Å². The van der Waals surface area contributed by atoms with Gasteiger partial charge < -0.3 is 15.3 Å².